The second-order valence-corrected chi connectivity index (χ2v) is 7.88. The second kappa shape index (κ2) is 5.84. The van der Waals surface area contributed by atoms with Crippen LogP contribution in [0.25, 0.3) is 21.3 Å². The van der Waals surface area contributed by atoms with Crippen molar-refractivity contribution in [3.63, 3.8) is 0 Å². The van der Waals surface area contributed by atoms with Gasteiger partial charge >= 0.3 is 0 Å². The van der Waals surface area contributed by atoms with Crippen LogP contribution in [0.2, 0.25) is 5.02 Å². The van der Waals surface area contributed by atoms with Crippen LogP contribution in [-0.4, -0.2) is 29.2 Å². The predicted molar refractivity (Wildman–Crippen MR) is 94.3 cm³/mol. The molecular weight excluding hydrogens is 314 g/mol. The minimum atomic E-state index is 0.791. The van der Waals surface area contributed by atoms with Gasteiger partial charge in [0.05, 0.1) is 36.7 Å². The number of aryl methyl sites for hydroxylation is 1. The molecule has 0 radical (unpaired) electrons. The van der Waals surface area contributed by atoms with Gasteiger partial charge in [-0.25, -0.2) is 4.98 Å². The van der Waals surface area contributed by atoms with E-state index in [9.17, 15) is 0 Å². The third kappa shape index (κ3) is 2.53. The van der Waals surface area contributed by atoms with Crippen molar-refractivity contribution in [3.05, 3.63) is 28.2 Å². The maximum Gasteiger partial charge on any atom is 0.124 e. The lowest BCUT2D eigenvalue weighted by Gasteiger charge is -2.23. The van der Waals surface area contributed by atoms with E-state index in [-0.39, 0.29) is 0 Å². The van der Waals surface area contributed by atoms with Gasteiger partial charge < -0.3 is 9.47 Å². The van der Waals surface area contributed by atoms with Gasteiger partial charge in [0.15, 0.2) is 0 Å². The van der Waals surface area contributed by atoms with Crippen LogP contribution in [-0.2, 0) is 6.54 Å². The Balaban J connectivity index is 1.73. The monoisotopic (exact) mass is 334 g/mol. The molecule has 1 aromatic carbocycles. The van der Waals surface area contributed by atoms with E-state index < -0.39 is 0 Å². The number of halogens is 1. The van der Waals surface area contributed by atoms with Crippen LogP contribution in [0.15, 0.2) is 18.2 Å². The Morgan fingerprint density at radius 3 is 2.91 bits per heavy atom. The van der Waals surface area contributed by atoms with Crippen LogP contribution in [0.3, 0.4) is 0 Å². The van der Waals surface area contributed by atoms with Crippen LogP contribution < -0.4 is 4.90 Å². The molecule has 2 aromatic heterocycles. The normalized spacial score (nSPS) is 16.8. The summed E-state index contributed by atoms with van der Waals surface area (Å²) in [6.45, 7) is 7.02. The summed E-state index contributed by atoms with van der Waals surface area (Å²) in [6, 6.07) is 6.19. The zero-order valence-corrected chi connectivity index (χ0v) is 14.4. The molecule has 3 aromatic rings. The van der Waals surface area contributed by atoms with Crippen molar-refractivity contribution < 1.29 is 4.90 Å². The summed E-state index contributed by atoms with van der Waals surface area (Å²) >= 11 is 7.99. The second-order valence-electron chi connectivity index (χ2n) is 6.26. The fourth-order valence-corrected chi connectivity index (χ4v) is 4.75. The number of piperidine rings is 1. The van der Waals surface area contributed by atoms with E-state index in [1.165, 1.54) is 54.6 Å². The van der Waals surface area contributed by atoms with Gasteiger partial charge in [-0.05, 0) is 44.4 Å². The summed E-state index contributed by atoms with van der Waals surface area (Å²) in [7, 11) is 0. The number of quaternary nitrogens is 1. The van der Waals surface area contributed by atoms with Crippen molar-refractivity contribution in [2.75, 3.05) is 19.6 Å². The lowest BCUT2D eigenvalue weighted by molar-refractivity contribution is -0.905. The third-order valence-corrected chi connectivity index (χ3v) is 5.94. The number of rotatable bonds is 3. The van der Waals surface area contributed by atoms with E-state index in [1.54, 1.807) is 16.2 Å². The molecule has 1 aliphatic rings. The highest BCUT2D eigenvalue weighted by molar-refractivity contribution is 7.18. The molecule has 22 heavy (non-hydrogen) atoms. The zero-order chi connectivity index (χ0) is 15.1. The number of aromatic nitrogens is 2. The van der Waals surface area contributed by atoms with E-state index in [2.05, 4.69) is 23.6 Å². The van der Waals surface area contributed by atoms with Gasteiger partial charge in [-0.3, -0.25) is 0 Å². The molecule has 0 atom stereocenters. The summed E-state index contributed by atoms with van der Waals surface area (Å²) in [4.78, 5) is 7.77. The highest BCUT2D eigenvalue weighted by atomic mass is 35.5. The first-order valence-electron chi connectivity index (χ1n) is 8.11. The van der Waals surface area contributed by atoms with Crippen LogP contribution in [0.5, 0.6) is 0 Å². The molecule has 3 heterocycles. The Hall–Kier alpha value is -1.10. The Bertz CT molecular complexity index is 814. The van der Waals surface area contributed by atoms with Gasteiger partial charge in [-0.2, -0.15) is 0 Å². The smallest absolute Gasteiger partial charge is 0.124 e. The SMILES string of the molecule is Cc1nc2c3cc(Cl)ccc3n(CC[NH+]3CCCCC3)c2s1. The van der Waals surface area contributed by atoms with Crippen molar-refractivity contribution in [3.8, 4) is 0 Å². The highest BCUT2D eigenvalue weighted by Crippen LogP contribution is 2.33. The molecule has 0 saturated carbocycles. The van der Waals surface area contributed by atoms with Crippen molar-refractivity contribution in [1.29, 1.82) is 0 Å². The number of nitrogens with zero attached hydrogens (tertiary/aromatic N) is 2. The van der Waals surface area contributed by atoms with Crippen molar-refractivity contribution in [1.82, 2.24) is 9.55 Å². The van der Waals surface area contributed by atoms with E-state index in [0.717, 1.165) is 22.1 Å². The number of benzene rings is 1. The van der Waals surface area contributed by atoms with Crippen molar-refractivity contribution in [2.24, 2.45) is 0 Å². The lowest BCUT2D eigenvalue weighted by atomic mass is 10.1. The molecule has 0 amide bonds. The number of thiazole rings is 1. The van der Waals surface area contributed by atoms with E-state index in [1.807, 2.05) is 6.07 Å². The average molecular weight is 335 g/mol. The fraction of sp³-hybridized carbons (Fsp3) is 0.471. The molecule has 1 N–H and O–H groups in total. The van der Waals surface area contributed by atoms with Crippen LogP contribution in [0, 0.1) is 6.92 Å². The van der Waals surface area contributed by atoms with E-state index in [0.29, 0.717) is 0 Å². The van der Waals surface area contributed by atoms with Gasteiger partial charge in [0.2, 0.25) is 0 Å². The maximum atomic E-state index is 6.20. The number of hydrogen-bond acceptors (Lipinski definition) is 2. The Morgan fingerprint density at radius 2 is 2.09 bits per heavy atom. The van der Waals surface area contributed by atoms with Gasteiger partial charge in [0, 0.05) is 10.4 Å². The topological polar surface area (TPSA) is 22.3 Å². The molecule has 0 bridgehead atoms. The molecule has 0 unspecified atom stereocenters. The Kier molecular flexibility index (Phi) is 3.84. The van der Waals surface area contributed by atoms with Gasteiger partial charge in [-0.15, -0.1) is 11.3 Å². The zero-order valence-electron chi connectivity index (χ0n) is 12.9. The fourth-order valence-electron chi connectivity index (χ4n) is 3.61. The number of likely N-dealkylation sites (tertiary alicyclic amines) is 1. The molecule has 0 aliphatic carbocycles. The molecule has 5 heteroatoms. The Morgan fingerprint density at radius 1 is 1.27 bits per heavy atom. The van der Waals surface area contributed by atoms with Crippen LogP contribution in [0.1, 0.15) is 24.3 Å². The molecule has 0 spiro atoms. The number of fused-ring (bicyclic) bond motifs is 3. The van der Waals surface area contributed by atoms with Crippen LogP contribution in [0.4, 0.5) is 0 Å². The summed E-state index contributed by atoms with van der Waals surface area (Å²) in [6.07, 6.45) is 4.17. The first-order valence-corrected chi connectivity index (χ1v) is 9.30. The number of hydrogen-bond donors (Lipinski definition) is 1. The van der Waals surface area contributed by atoms with Gasteiger partial charge in [-0.1, -0.05) is 11.6 Å². The van der Waals surface area contributed by atoms with E-state index >= 15 is 0 Å². The summed E-state index contributed by atoms with van der Waals surface area (Å²) in [5, 5.41) is 3.12. The van der Waals surface area contributed by atoms with Crippen molar-refractivity contribution in [2.45, 2.75) is 32.7 Å². The Labute approximate surface area is 139 Å². The first-order chi connectivity index (χ1) is 10.7. The lowest BCUT2D eigenvalue weighted by Crippen LogP contribution is -3.13. The number of nitrogens with one attached hydrogen (secondary N) is 1. The van der Waals surface area contributed by atoms with Gasteiger partial charge in [0.1, 0.15) is 10.3 Å². The molecule has 1 fully saturated rings. The summed E-state index contributed by atoms with van der Waals surface area (Å²) in [5.74, 6) is 0. The third-order valence-electron chi connectivity index (χ3n) is 4.72. The maximum absolute atomic E-state index is 6.20. The molecular formula is C17H21ClN3S+. The minimum Gasteiger partial charge on any atom is -0.333 e. The van der Waals surface area contributed by atoms with Crippen LogP contribution >= 0.6 is 22.9 Å². The average Bonchev–Trinajstić information content (AvgIpc) is 3.02. The quantitative estimate of drug-likeness (QED) is 0.780. The molecule has 1 aliphatic heterocycles. The summed E-state index contributed by atoms with van der Waals surface area (Å²) < 4.78 is 2.45. The minimum absolute atomic E-state index is 0.791. The summed E-state index contributed by atoms with van der Waals surface area (Å²) in [5.41, 5.74) is 2.39. The molecule has 1 saturated heterocycles. The predicted octanol–water partition coefficient (Wildman–Crippen LogP) is 3.28. The van der Waals surface area contributed by atoms with Crippen molar-refractivity contribution >= 4 is 44.2 Å². The standard InChI is InChI=1S/C17H20ClN3S/c1-12-19-16-14-11-13(18)5-6-15(14)21(17(16)22-12)10-9-20-7-3-2-4-8-20/h5-6,11H,2-4,7-10H2,1H3/p+1. The highest BCUT2D eigenvalue weighted by Gasteiger charge is 2.18. The largest absolute Gasteiger partial charge is 0.333 e. The molecule has 4 rings (SSSR count). The van der Waals surface area contributed by atoms with E-state index in [4.69, 9.17) is 16.6 Å². The first kappa shape index (κ1) is 14.5. The molecule has 3 nitrogen and oxygen atoms in total. The van der Waals surface area contributed by atoms with Gasteiger partial charge in [0.25, 0.3) is 0 Å². The molecule has 116 valence electrons.